The molecule has 1 heterocycles. The summed E-state index contributed by atoms with van der Waals surface area (Å²) in [6, 6.07) is 5.91. The largest absolute Gasteiger partial charge is 0.343 e. The fourth-order valence-electron chi connectivity index (χ4n) is 3.45. The molecule has 0 amide bonds. The zero-order chi connectivity index (χ0) is 22.5. The minimum Gasteiger partial charge on any atom is -0.343 e. The van der Waals surface area contributed by atoms with Gasteiger partial charge in [-0.3, -0.25) is 0 Å². The molecule has 0 radical (unpaired) electrons. The van der Waals surface area contributed by atoms with Gasteiger partial charge in [0.1, 0.15) is 0 Å². The van der Waals surface area contributed by atoms with Crippen molar-refractivity contribution in [3.63, 3.8) is 0 Å². The molecular formula is C23H43N7. The van der Waals surface area contributed by atoms with Crippen LogP contribution in [0.4, 0.5) is 11.6 Å². The van der Waals surface area contributed by atoms with E-state index in [1.807, 2.05) is 18.2 Å². The average Bonchev–Trinajstić information content (AvgIpc) is 2.77. The van der Waals surface area contributed by atoms with Crippen molar-refractivity contribution in [2.75, 3.05) is 52.4 Å². The summed E-state index contributed by atoms with van der Waals surface area (Å²) in [5.41, 5.74) is 0. The highest BCUT2D eigenvalue weighted by atomic mass is 15.4. The van der Waals surface area contributed by atoms with E-state index in [0.717, 1.165) is 64.3 Å². The molecule has 0 N–H and O–H groups in total. The number of pyridine rings is 1. The Kier molecular flexibility index (Phi) is 11.9. The van der Waals surface area contributed by atoms with E-state index in [1.54, 1.807) is 0 Å². The molecule has 0 saturated carbocycles. The molecule has 0 unspecified atom stereocenters. The summed E-state index contributed by atoms with van der Waals surface area (Å²) < 4.78 is 0. The summed E-state index contributed by atoms with van der Waals surface area (Å²) in [7, 11) is 0. The summed E-state index contributed by atoms with van der Waals surface area (Å²) in [4.78, 5) is 23.8. The molecule has 0 aliphatic carbocycles. The molecule has 0 spiro atoms. The first kappa shape index (κ1) is 25.7. The van der Waals surface area contributed by atoms with Crippen LogP contribution in [0.3, 0.4) is 0 Å². The fraction of sp³-hybridized carbons (Fsp3) is 0.696. The van der Waals surface area contributed by atoms with Gasteiger partial charge in [0.2, 0.25) is 11.9 Å². The maximum Gasteiger partial charge on any atom is 0.203 e. The predicted molar refractivity (Wildman–Crippen MR) is 130 cm³/mol. The zero-order valence-corrected chi connectivity index (χ0v) is 20.5. The third-order valence-electron chi connectivity index (χ3n) is 5.33. The Morgan fingerprint density at radius 3 is 1.07 bits per heavy atom. The number of nitrogens with zero attached hydrogens (tertiary/aromatic N) is 7. The highest BCUT2D eigenvalue weighted by Crippen LogP contribution is 2.18. The molecule has 0 aliphatic rings. The average molecular weight is 418 g/mol. The maximum absolute atomic E-state index is 4.94. The van der Waals surface area contributed by atoms with Crippen LogP contribution in [-0.2, 0) is 0 Å². The van der Waals surface area contributed by atoms with Crippen molar-refractivity contribution in [3.8, 4) is 0 Å². The lowest BCUT2D eigenvalue weighted by Crippen LogP contribution is -2.44. The second-order valence-electron chi connectivity index (χ2n) is 6.87. The highest BCUT2D eigenvalue weighted by molar-refractivity contribution is 5.83. The Bertz CT molecular complexity index is 574. The molecule has 0 aromatic carbocycles. The van der Waals surface area contributed by atoms with Gasteiger partial charge >= 0.3 is 0 Å². The van der Waals surface area contributed by atoms with Gasteiger partial charge in [0, 0.05) is 52.4 Å². The van der Waals surface area contributed by atoms with Crippen LogP contribution in [0.2, 0.25) is 0 Å². The Labute approximate surface area is 184 Å². The van der Waals surface area contributed by atoms with Crippen molar-refractivity contribution in [3.05, 3.63) is 18.2 Å². The van der Waals surface area contributed by atoms with Gasteiger partial charge in [-0.15, -0.1) is 0 Å². The van der Waals surface area contributed by atoms with Crippen LogP contribution in [0.5, 0.6) is 0 Å². The van der Waals surface area contributed by atoms with Gasteiger partial charge in [-0.05, 0) is 67.5 Å². The van der Waals surface area contributed by atoms with E-state index in [4.69, 9.17) is 15.0 Å². The SMILES string of the molecule is CCN(CC)C(=Nc1cccc(N=C(N(CC)CC)N(CC)CC)n1)N(CC)CC. The summed E-state index contributed by atoms with van der Waals surface area (Å²) in [5.74, 6) is 3.35. The van der Waals surface area contributed by atoms with E-state index < -0.39 is 0 Å². The van der Waals surface area contributed by atoms with Crippen LogP contribution in [0.25, 0.3) is 0 Å². The molecule has 0 bridgehead atoms. The quantitative estimate of drug-likeness (QED) is 0.416. The van der Waals surface area contributed by atoms with E-state index >= 15 is 0 Å². The van der Waals surface area contributed by atoms with Gasteiger partial charge < -0.3 is 19.6 Å². The minimum atomic E-state index is 0.698. The third kappa shape index (κ3) is 6.89. The van der Waals surface area contributed by atoms with Crippen LogP contribution in [0.1, 0.15) is 55.4 Å². The van der Waals surface area contributed by atoms with Gasteiger partial charge in [0.25, 0.3) is 0 Å². The topological polar surface area (TPSA) is 50.6 Å². The van der Waals surface area contributed by atoms with Crippen molar-refractivity contribution < 1.29 is 0 Å². The lowest BCUT2D eigenvalue weighted by Gasteiger charge is -2.32. The van der Waals surface area contributed by atoms with Crippen molar-refractivity contribution in [1.29, 1.82) is 0 Å². The molecule has 0 aliphatic heterocycles. The van der Waals surface area contributed by atoms with Gasteiger partial charge in [0.15, 0.2) is 11.6 Å². The van der Waals surface area contributed by atoms with E-state index in [1.165, 1.54) is 0 Å². The molecule has 30 heavy (non-hydrogen) atoms. The van der Waals surface area contributed by atoms with E-state index in [2.05, 4.69) is 75.0 Å². The number of hydrogen-bond acceptors (Lipinski definition) is 3. The summed E-state index contributed by atoms with van der Waals surface area (Å²) >= 11 is 0. The lowest BCUT2D eigenvalue weighted by atomic mass is 10.4. The number of aliphatic imine (C=N–C) groups is 2. The molecule has 1 aromatic rings. The van der Waals surface area contributed by atoms with Crippen LogP contribution in [-0.4, -0.2) is 88.9 Å². The first-order valence-electron chi connectivity index (χ1n) is 11.7. The molecule has 7 heteroatoms. The third-order valence-corrected chi connectivity index (χ3v) is 5.33. The maximum atomic E-state index is 4.94. The summed E-state index contributed by atoms with van der Waals surface area (Å²) in [5, 5.41) is 0. The van der Waals surface area contributed by atoms with Crippen LogP contribution >= 0.6 is 0 Å². The first-order chi connectivity index (χ1) is 14.5. The Morgan fingerprint density at radius 2 is 0.833 bits per heavy atom. The predicted octanol–water partition coefficient (Wildman–Crippen LogP) is 4.42. The zero-order valence-electron chi connectivity index (χ0n) is 20.5. The second kappa shape index (κ2) is 13.8. The molecule has 1 rings (SSSR count). The number of aromatic nitrogens is 1. The number of guanidine groups is 2. The van der Waals surface area contributed by atoms with Gasteiger partial charge in [-0.25, -0.2) is 4.98 Å². The van der Waals surface area contributed by atoms with Crippen LogP contribution in [0, 0.1) is 0 Å². The lowest BCUT2D eigenvalue weighted by molar-refractivity contribution is 0.351. The molecule has 1 aromatic heterocycles. The van der Waals surface area contributed by atoms with Gasteiger partial charge in [0.05, 0.1) is 0 Å². The molecule has 0 fully saturated rings. The van der Waals surface area contributed by atoms with Gasteiger partial charge in [-0.1, -0.05) is 6.07 Å². The molecule has 0 atom stereocenters. The van der Waals surface area contributed by atoms with Crippen molar-refractivity contribution in [2.24, 2.45) is 9.98 Å². The van der Waals surface area contributed by atoms with E-state index in [9.17, 15) is 0 Å². The molecule has 7 nitrogen and oxygen atoms in total. The minimum absolute atomic E-state index is 0.698. The van der Waals surface area contributed by atoms with Gasteiger partial charge in [-0.2, -0.15) is 9.98 Å². The van der Waals surface area contributed by atoms with E-state index in [-0.39, 0.29) is 0 Å². The first-order valence-corrected chi connectivity index (χ1v) is 11.7. The van der Waals surface area contributed by atoms with E-state index in [0.29, 0.717) is 11.6 Å². The number of hydrogen-bond donors (Lipinski definition) is 0. The fourth-order valence-corrected chi connectivity index (χ4v) is 3.45. The normalized spacial score (nSPS) is 10.4. The smallest absolute Gasteiger partial charge is 0.203 e. The summed E-state index contributed by atoms with van der Waals surface area (Å²) in [6.45, 7) is 24.6. The van der Waals surface area contributed by atoms with Crippen molar-refractivity contribution >= 4 is 23.6 Å². The molecule has 170 valence electrons. The Morgan fingerprint density at radius 1 is 0.567 bits per heavy atom. The van der Waals surface area contributed by atoms with Crippen LogP contribution in [0.15, 0.2) is 28.2 Å². The highest BCUT2D eigenvalue weighted by Gasteiger charge is 2.16. The standard InChI is InChI=1S/C23H43N7/c1-9-27(10-2)22(28(11-3)12-4)25-20-18-17-19-21(24-20)26-23(29(13-5)14-6)30(15-7)16-8/h17-19H,9-16H2,1-8H3. The number of rotatable bonds is 10. The Hall–Kier alpha value is -2.31. The second-order valence-corrected chi connectivity index (χ2v) is 6.87. The summed E-state index contributed by atoms with van der Waals surface area (Å²) in [6.07, 6.45) is 0. The molecule has 0 saturated heterocycles. The van der Waals surface area contributed by atoms with Crippen LogP contribution < -0.4 is 0 Å². The van der Waals surface area contributed by atoms with Crippen molar-refractivity contribution in [1.82, 2.24) is 24.6 Å². The Balaban J connectivity index is 3.43. The molecular weight excluding hydrogens is 374 g/mol. The van der Waals surface area contributed by atoms with Crippen molar-refractivity contribution in [2.45, 2.75) is 55.4 Å². The monoisotopic (exact) mass is 417 g/mol.